The number of benzene rings is 1. The highest BCUT2D eigenvalue weighted by Gasteiger charge is 1.95. The van der Waals surface area contributed by atoms with Crippen molar-refractivity contribution in [3.05, 3.63) is 35.9 Å². The summed E-state index contributed by atoms with van der Waals surface area (Å²) in [6.07, 6.45) is 2.93. The monoisotopic (exact) mass is 259 g/mol. The molecule has 90 valence electrons. The van der Waals surface area contributed by atoms with Gasteiger partial charge < -0.3 is 4.55 Å². The van der Waals surface area contributed by atoms with Crippen LogP contribution in [0.15, 0.2) is 30.3 Å². The van der Waals surface area contributed by atoms with Gasteiger partial charge in [0.25, 0.3) is 0 Å². The molecule has 0 aromatic heterocycles. The molecule has 1 aliphatic rings. The fourth-order valence-electron chi connectivity index (χ4n) is 1.20. The van der Waals surface area contributed by atoms with Crippen LogP contribution in [0.3, 0.4) is 0 Å². The van der Waals surface area contributed by atoms with E-state index in [0.717, 1.165) is 5.56 Å². The van der Waals surface area contributed by atoms with Crippen LogP contribution in [0.25, 0.3) is 0 Å². The SMILES string of the molecule is C1CCSC1.O=S([O-])OCc1ccccc1. The molecule has 0 bridgehead atoms. The van der Waals surface area contributed by atoms with E-state index in [1.807, 2.05) is 18.2 Å². The fraction of sp³-hybridized carbons (Fsp3) is 0.455. The van der Waals surface area contributed by atoms with Crippen molar-refractivity contribution < 1.29 is 12.9 Å². The summed E-state index contributed by atoms with van der Waals surface area (Å²) in [4.78, 5) is 0. The van der Waals surface area contributed by atoms with E-state index in [1.165, 1.54) is 24.3 Å². The van der Waals surface area contributed by atoms with Gasteiger partial charge in [0.15, 0.2) is 0 Å². The van der Waals surface area contributed by atoms with Crippen molar-refractivity contribution in [3.63, 3.8) is 0 Å². The van der Waals surface area contributed by atoms with Crippen LogP contribution >= 0.6 is 11.8 Å². The van der Waals surface area contributed by atoms with Gasteiger partial charge in [-0.05, 0) is 29.9 Å². The number of thioether (sulfide) groups is 1. The van der Waals surface area contributed by atoms with Crippen molar-refractivity contribution in [2.45, 2.75) is 19.4 Å². The number of rotatable bonds is 3. The molecular weight excluding hydrogens is 244 g/mol. The molecule has 16 heavy (non-hydrogen) atoms. The Morgan fingerprint density at radius 2 is 1.88 bits per heavy atom. The molecule has 1 unspecified atom stereocenters. The molecule has 3 nitrogen and oxygen atoms in total. The maximum atomic E-state index is 9.95. The number of hydrogen-bond donors (Lipinski definition) is 0. The summed E-state index contributed by atoms with van der Waals surface area (Å²) in [6.45, 7) is 0.108. The molecule has 1 heterocycles. The minimum Gasteiger partial charge on any atom is -0.750 e. The van der Waals surface area contributed by atoms with E-state index in [2.05, 4.69) is 15.9 Å². The summed E-state index contributed by atoms with van der Waals surface area (Å²) in [7, 11) is 0. The van der Waals surface area contributed by atoms with Crippen LogP contribution in [0, 0.1) is 0 Å². The van der Waals surface area contributed by atoms with E-state index in [9.17, 15) is 8.76 Å². The van der Waals surface area contributed by atoms with Crippen molar-refractivity contribution in [2.24, 2.45) is 0 Å². The van der Waals surface area contributed by atoms with Gasteiger partial charge in [0, 0.05) is 0 Å². The molecule has 0 N–H and O–H groups in total. The Kier molecular flexibility index (Phi) is 7.50. The molecular formula is C11H15O3S2-. The van der Waals surface area contributed by atoms with Gasteiger partial charge >= 0.3 is 0 Å². The van der Waals surface area contributed by atoms with Crippen LogP contribution in [0.2, 0.25) is 0 Å². The van der Waals surface area contributed by atoms with Crippen LogP contribution < -0.4 is 0 Å². The van der Waals surface area contributed by atoms with Gasteiger partial charge in [-0.25, -0.2) is 4.21 Å². The zero-order valence-electron chi connectivity index (χ0n) is 8.96. The molecule has 0 radical (unpaired) electrons. The quantitative estimate of drug-likeness (QED) is 0.783. The zero-order valence-corrected chi connectivity index (χ0v) is 10.6. The molecule has 2 rings (SSSR count). The maximum Gasteiger partial charge on any atom is 0.0879 e. The lowest BCUT2D eigenvalue weighted by Crippen LogP contribution is -1.95. The largest absolute Gasteiger partial charge is 0.750 e. The van der Waals surface area contributed by atoms with Gasteiger partial charge in [0.2, 0.25) is 0 Å². The highest BCUT2D eigenvalue weighted by molar-refractivity contribution is 7.99. The van der Waals surface area contributed by atoms with Crippen molar-refractivity contribution in [1.82, 2.24) is 0 Å². The summed E-state index contributed by atoms with van der Waals surface area (Å²) >= 11 is -0.342. The Labute approximate surface area is 103 Å². The smallest absolute Gasteiger partial charge is 0.0879 e. The first kappa shape index (κ1) is 13.7. The first-order chi connectivity index (χ1) is 7.79. The second-order valence-electron chi connectivity index (χ2n) is 3.27. The second-order valence-corrected chi connectivity index (χ2v) is 5.14. The van der Waals surface area contributed by atoms with Gasteiger partial charge in [-0.15, -0.1) is 0 Å². The lowest BCUT2D eigenvalue weighted by Gasteiger charge is -2.04. The standard InChI is InChI=1S/C7H8O3S.C4H8S/c8-11(9)10-6-7-4-2-1-3-5-7;1-2-4-5-3-1/h1-5H,6H2,(H,8,9);1-4H2/p-1. The molecule has 1 atom stereocenters. The Morgan fingerprint density at radius 3 is 2.31 bits per heavy atom. The predicted molar refractivity (Wildman–Crippen MR) is 66.7 cm³/mol. The first-order valence-electron chi connectivity index (χ1n) is 5.13. The van der Waals surface area contributed by atoms with Crippen LogP contribution in [-0.2, 0) is 22.2 Å². The Bertz CT molecular complexity index is 292. The van der Waals surface area contributed by atoms with E-state index in [-0.39, 0.29) is 6.61 Å². The number of hydrogen-bond acceptors (Lipinski definition) is 4. The second kappa shape index (κ2) is 8.75. The van der Waals surface area contributed by atoms with Crippen LogP contribution in [0.4, 0.5) is 0 Å². The summed E-state index contributed by atoms with van der Waals surface area (Å²) < 4.78 is 24.2. The Balaban J connectivity index is 0.000000212. The third-order valence-electron chi connectivity index (χ3n) is 1.99. The molecule has 1 aromatic carbocycles. The predicted octanol–water partition coefficient (Wildman–Crippen LogP) is 2.51. The minimum absolute atomic E-state index is 0.108. The van der Waals surface area contributed by atoms with Gasteiger partial charge in [-0.1, -0.05) is 30.3 Å². The average molecular weight is 259 g/mol. The van der Waals surface area contributed by atoms with E-state index in [1.54, 1.807) is 12.1 Å². The zero-order chi connectivity index (χ0) is 11.6. The van der Waals surface area contributed by atoms with Gasteiger partial charge in [0.05, 0.1) is 18.0 Å². The molecule has 1 fully saturated rings. The molecule has 5 heteroatoms. The van der Waals surface area contributed by atoms with Crippen molar-refractivity contribution in [1.29, 1.82) is 0 Å². The van der Waals surface area contributed by atoms with Crippen molar-refractivity contribution in [2.75, 3.05) is 11.5 Å². The molecule has 1 saturated heterocycles. The average Bonchev–Trinajstić information content (AvgIpc) is 2.86. The van der Waals surface area contributed by atoms with E-state index >= 15 is 0 Å². The lowest BCUT2D eigenvalue weighted by molar-refractivity contribution is 0.291. The molecule has 1 aromatic rings. The van der Waals surface area contributed by atoms with Crippen LogP contribution in [0.1, 0.15) is 18.4 Å². The third-order valence-corrected chi connectivity index (χ3v) is 3.46. The molecule has 1 aliphatic heterocycles. The topological polar surface area (TPSA) is 49.4 Å². The molecule has 0 spiro atoms. The summed E-state index contributed by atoms with van der Waals surface area (Å²) in [5.74, 6) is 2.83. The highest BCUT2D eigenvalue weighted by atomic mass is 32.2. The minimum atomic E-state index is -2.42. The molecule has 0 amide bonds. The van der Waals surface area contributed by atoms with Gasteiger partial charge in [-0.2, -0.15) is 11.8 Å². The van der Waals surface area contributed by atoms with E-state index < -0.39 is 11.4 Å². The summed E-state index contributed by atoms with van der Waals surface area (Å²) in [6, 6.07) is 9.11. The fourth-order valence-corrected chi connectivity index (χ4v) is 2.45. The van der Waals surface area contributed by atoms with Crippen molar-refractivity contribution >= 4 is 23.1 Å². The summed E-state index contributed by atoms with van der Waals surface area (Å²) in [5, 5.41) is 0. The molecule has 0 saturated carbocycles. The van der Waals surface area contributed by atoms with Gasteiger partial charge in [0.1, 0.15) is 0 Å². The van der Waals surface area contributed by atoms with Crippen LogP contribution in [0.5, 0.6) is 0 Å². The maximum absolute atomic E-state index is 9.95. The van der Waals surface area contributed by atoms with Crippen LogP contribution in [-0.4, -0.2) is 20.3 Å². The summed E-state index contributed by atoms with van der Waals surface area (Å²) in [5.41, 5.74) is 0.844. The Hall–Kier alpha value is -0.360. The normalized spacial score (nSPS) is 16.3. The van der Waals surface area contributed by atoms with E-state index in [0.29, 0.717) is 0 Å². The van der Waals surface area contributed by atoms with E-state index in [4.69, 9.17) is 0 Å². The molecule has 0 aliphatic carbocycles. The van der Waals surface area contributed by atoms with Gasteiger partial charge in [-0.3, -0.25) is 4.18 Å². The lowest BCUT2D eigenvalue weighted by atomic mass is 10.2. The first-order valence-corrected chi connectivity index (χ1v) is 7.28. The highest BCUT2D eigenvalue weighted by Crippen LogP contribution is 2.14. The van der Waals surface area contributed by atoms with Crippen molar-refractivity contribution in [3.8, 4) is 0 Å². The third kappa shape index (κ3) is 7.00. The Morgan fingerprint density at radius 1 is 1.25 bits per heavy atom.